The minimum absolute atomic E-state index is 0. The van der Waals surface area contributed by atoms with Crippen LogP contribution in [-0.2, 0) is 11.2 Å². The van der Waals surface area contributed by atoms with Crippen molar-refractivity contribution in [3.05, 3.63) is 35.6 Å². The van der Waals surface area contributed by atoms with Gasteiger partial charge in [-0.25, -0.2) is 9.18 Å². The van der Waals surface area contributed by atoms with Gasteiger partial charge in [-0.1, -0.05) is 12.1 Å². The fourth-order valence-corrected chi connectivity index (χ4v) is 2.54. The molecule has 1 heterocycles. The number of halogens is 2. The quantitative estimate of drug-likeness (QED) is 0.412. The molecular formula is C18H28FIN4O2. The Hall–Kier alpha value is -1.58. The largest absolute Gasteiger partial charge is 0.444 e. The Balaban J connectivity index is 0.00000338. The van der Waals surface area contributed by atoms with Crippen molar-refractivity contribution in [2.24, 2.45) is 10.7 Å². The summed E-state index contributed by atoms with van der Waals surface area (Å²) < 4.78 is 18.5. The molecule has 1 aromatic carbocycles. The Morgan fingerprint density at radius 2 is 1.85 bits per heavy atom. The summed E-state index contributed by atoms with van der Waals surface area (Å²) in [7, 11) is 0. The summed E-state index contributed by atoms with van der Waals surface area (Å²) in [5, 5.41) is 0. The molecule has 1 amide bonds. The van der Waals surface area contributed by atoms with Gasteiger partial charge in [0.25, 0.3) is 0 Å². The number of aliphatic imine (C=N–C) groups is 1. The molecule has 26 heavy (non-hydrogen) atoms. The van der Waals surface area contributed by atoms with Gasteiger partial charge in [-0.15, -0.1) is 24.0 Å². The average Bonchev–Trinajstić information content (AvgIpc) is 2.53. The number of carbonyl (C=O) groups is 1. The number of guanidine groups is 1. The zero-order valence-electron chi connectivity index (χ0n) is 15.6. The maximum absolute atomic E-state index is 13.1. The smallest absolute Gasteiger partial charge is 0.410 e. The lowest BCUT2D eigenvalue weighted by molar-refractivity contribution is 0.0186. The molecule has 1 aliphatic rings. The first kappa shape index (κ1) is 22.5. The highest BCUT2D eigenvalue weighted by atomic mass is 127. The lowest BCUT2D eigenvalue weighted by Crippen LogP contribution is -2.53. The molecule has 146 valence electrons. The number of ether oxygens (including phenoxy) is 1. The zero-order valence-corrected chi connectivity index (χ0v) is 17.9. The zero-order chi connectivity index (χ0) is 18.4. The van der Waals surface area contributed by atoms with Crippen LogP contribution >= 0.6 is 24.0 Å². The van der Waals surface area contributed by atoms with Gasteiger partial charge >= 0.3 is 6.09 Å². The van der Waals surface area contributed by atoms with Crippen molar-refractivity contribution in [1.29, 1.82) is 0 Å². The van der Waals surface area contributed by atoms with E-state index in [9.17, 15) is 9.18 Å². The van der Waals surface area contributed by atoms with Gasteiger partial charge in [0.2, 0.25) is 0 Å². The van der Waals surface area contributed by atoms with Gasteiger partial charge in [0.05, 0.1) is 0 Å². The normalized spacial score (nSPS) is 15.5. The third-order valence-corrected chi connectivity index (χ3v) is 3.82. The number of rotatable bonds is 3. The van der Waals surface area contributed by atoms with E-state index in [1.165, 1.54) is 12.1 Å². The highest BCUT2D eigenvalue weighted by molar-refractivity contribution is 14.0. The maximum Gasteiger partial charge on any atom is 0.410 e. The molecule has 0 atom stereocenters. The molecule has 0 spiro atoms. The van der Waals surface area contributed by atoms with Gasteiger partial charge in [0.15, 0.2) is 5.96 Å². The van der Waals surface area contributed by atoms with Crippen LogP contribution in [0.25, 0.3) is 0 Å². The third kappa shape index (κ3) is 7.35. The molecule has 0 radical (unpaired) electrons. The number of benzene rings is 1. The van der Waals surface area contributed by atoms with Gasteiger partial charge in [-0.05, 0) is 44.9 Å². The Morgan fingerprint density at radius 3 is 2.42 bits per heavy atom. The van der Waals surface area contributed by atoms with Gasteiger partial charge in [-0.2, -0.15) is 0 Å². The summed E-state index contributed by atoms with van der Waals surface area (Å²) in [6.07, 6.45) is 0.338. The van der Waals surface area contributed by atoms with Crippen molar-refractivity contribution in [1.82, 2.24) is 9.80 Å². The predicted octanol–water partition coefficient (Wildman–Crippen LogP) is 2.85. The molecule has 0 unspecified atom stereocenters. The van der Waals surface area contributed by atoms with E-state index >= 15 is 0 Å². The van der Waals surface area contributed by atoms with E-state index in [0.29, 0.717) is 45.1 Å². The second kappa shape index (κ2) is 9.94. The van der Waals surface area contributed by atoms with Crippen LogP contribution in [0.5, 0.6) is 0 Å². The number of nitrogens with zero attached hydrogens (tertiary/aromatic N) is 3. The van der Waals surface area contributed by atoms with Crippen molar-refractivity contribution in [3.63, 3.8) is 0 Å². The lowest BCUT2D eigenvalue weighted by atomic mass is 10.1. The fourth-order valence-electron chi connectivity index (χ4n) is 2.54. The Morgan fingerprint density at radius 1 is 1.23 bits per heavy atom. The number of piperazine rings is 1. The summed E-state index contributed by atoms with van der Waals surface area (Å²) in [4.78, 5) is 20.0. The van der Waals surface area contributed by atoms with Gasteiger partial charge in [0.1, 0.15) is 11.4 Å². The molecule has 0 saturated carbocycles. The van der Waals surface area contributed by atoms with Crippen LogP contribution in [0.3, 0.4) is 0 Å². The summed E-state index contributed by atoms with van der Waals surface area (Å²) in [5.74, 6) is 0.216. The monoisotopic (exact) mass is 478 g/mol. The number of carbonyl (C=O) groups excluding carboxylic acids is 1. The van der Waals surface area contributed by atoms with Crippen LogP contribution in [0, 0.1) is 5.82 Å². The van der Waals surface area contributed by atoms with Gasteiger partial charge in [0, 0.05) is 32.7 Å². The van der Waals surface area contributed by atoms with E-state index in [4.69, 9.17) is 10.5 Å². The van der Waals surface area contributed by atoms with E-state index in [1.807, 2.05) is 31.7 Å². The molecule has 1 aromatic rings. The molecule has 0 aromatic heterocycles. The minimum Gasteiger partial charge on any atom is -0.444 e. The fraction of sp³-hybridized carbons (Fsp3) is 0.556. The Bertz CT molecular complexity index is 626. The first-order chi connectivity index (χ1) is 11.7. The number of nitrogens with two attached hydrogens (primary N) is 1. The molecule has 6 nitrogen and oxygen atoms in total. The van der Waals surface area contributed by atoms with Crippen LogP contribution in [0.4, 0.5) is 9.18 Å². The molecule has 8 heteroatoms. The van der Waals surface area contributed by atoms with Crippen LogP contribution in [0.1, 0.15) is 26.3 Å². The van der Waals surface area contributed by atoms with E-state index in [1.54, 1.807) is 11.0 Å². The van der Waals surface area contributed by atoms with E-state index in [0.717, 1.165) is 5.56 Å². The summed E-state index contributed by atoms with van der Waals surface area (Å²) in [5.41, 5.74) is 6.43. The SMILES string of the molecule is CC(C)(C)OC(=O)N1CCN(C(N)=NCCc2cccc(F)c2)CC1.I. The molecule has 1 fully saturated rings. The van der Waals surface area contributed by atoms with E-state index < -0.39 is 5.60 Å². The second-order valence-corrected chi connectivity index (χ2v) is 7.07. The topological polar surface area (TPSA) is 71.2 Å². The summed E-state index contributed by atoms with van der Waals surface area (Å²) in [6.45, 7) is 8.40. The van der Waals surface area contributed by atoms with Crippen molar-refractivity contribution in [3.8, 4) is 0 Å². The summed E-state index contributed by atoms with van der Waals surface area (Å²) >= 11 is 0. The van der Waals surface area contributed by atoms with Crippen molar-refractivity contribution >= 4 is 36.0 Å². The van der Waals surface area contributed by atoms with E-state index in [2.05, 4.69) is 4.99 Å². The Kier molecular flexibility index (Phi) is 8.58. The number of hydrogen-bond acceptors (Lipinski definition) is 3. The second-order valence-electron chi connectivity index (χ2n) is 7.07. The standard InChI is InChI=1S/C18H27FN4O2.HI/c1-18(2,3)25-17(24)23-11-9-22(10-12-23)16(20)21-8-7-14-5-4-6-15(19)13-14;/h4-6,13H,7-12H2,1-3H3,(H2,20,21);1H. The van der Waals surface area contributed by atoms with Gasteiger partial charge in [-0.3, -0.25) is 4.99 Å². The van der Waals surface area contributed by atoms with Crippen LogP contribution < -0.4 is 5.73 Å². The summed E-state index contributed by atoms with van der Waals surface area (Å²) in [6, 6.07) is 6.48. The van der Waals surface area contributed by atoms with Crippen molar-refractivity contribution in [2.45, 2.75) is 32.8 Å². The highest BCUT2D eigenvalue weighted by Gasteiger charge is 2.26. The molecule has 2 rings (SSSR count). The average molecular weight is 478 g/mol. The predicted molar refractivity (Wildman–Crippen MR) is 111 cm³/mol. The molecule has 0 bridgehead atoms. The van der Waals surface area contributed by atoms with E-state index in [-0.39, 0.29) is 35.9 Å². The molecule has 0 aliphatic carbocycles. The number of amides is 1. The maximum atomic E-state index is 13.1. The highest BCUT2D eigenvalue weighted by Crippen LogP contribution is 2.12. The van der Waals surface area contributed by atoms with Crippen molar-refractivity contribution < 1.29 is 13.9 Å². The first-order valence-corrected chi connectivity index (χ1v) is 8.52. The van der Waals surface area contributed by atoms with Crippen LogP contribution in [-0.4, -0.2) is 60.2 Å². The third-order valence-electron chi connectivity index (χ3n) is 3.82. The molecular weight excluding hydrogens is 450 g/mol. The molecule has 2 N–H and O–H groups in total. The Labute approximate surface area is 171 Å². The molecule has 1 aliphatic heterocycles. The van der Waals surface area contributed by atoms with Crippen molar-refractivity contribution in [2.75, 3.05) is 32.7 Å². The first-order valence-electron chi connectivity index (χ1n) is 8.52. The molecule has 1 saturated heterocycles. The number of hydrogen-bond donors (Lipinski definition) is 1. The lowest BCUT2D eigenvalue weighted by Gasteiger charge is -2.36. The van der Waals surface area contributed by atoms with Gasteiger partial charge < -0.3 is 20.3 Å². The van der Waals surface area contributed by atoms with Crippen LogP contribution in [0.15, 0.2) is 29.3 Å². The van der Waals surface area contributed by atoms with Crippen LogP contribution in [0.2, 0.25) is 0 Å². The minimum atomic E-state index is -0.494.